The topological polar surface area (TPSA) is 84.4 Å². The number of rotatable bonds is 2. The lowest BCUT2D eigenvalue weighted by Gasteiger charge is -2.00. The Hall–Kier alpha value is -2.43. The molecule has 0 atom stereocenters. The van der Waals surface area contributed by atoms with Gasteiger partial charge in [0.25, 0.3) is 0 Å². The number of hydrogen-bond donors (Lipinski definition) is 2. The van der Waals surface area contributed by atoms with E-state index in [1.54, 1.807) is 0 Å². The summed E-state index contributed by atoms with van der Waals surface area (Å²) in [6.07, 6.45) is 3.04. The van der Waals surface area contributed by atoms with Crippen LogP contribution in [0.3, 0.4) is 0 Å². The molecular weight excluding hydrogens is 204 g/mol. The summed E-state index contributed by atoms with van der Waals surface area (Å²) in [4.78, 5) is 8.27. The van der Waals surface area contributed by atoms with Gasteiger partial charge in [0.15, 0.2) is 11.7 Å². The van der Waals surface area contributed by atoms with Gasteiger partial charge in [-0.05, 0) is 0 Å². The Kier molecular flexibility index (Phi) is 2.77. The van der Waals surface area contributed by atoms with Crippen LogP contribution in [0.25, 0.3) is 11.4 Å². The molecule has 80 valence electrons. The van der Waals surface area contributed by atoms with Crippen molar-refractivity contribution >= 4 is 5.84 Å². The van der Waals surface area contributed by atoms with Crippen molar-refractivity contribution in [3.8, 4) is 11.4 Å². The molecule has 0 bridgehead atoms. The zero-order valence-electron chi connectivity index (χ0n) is 8.41. The SMILES string of the molecule is NC(=NO)c1cnc(-c2ccccc2)nc1. The molecular formula is C11H10N4O. The van der Waals surface area contributed by atoms with E-state index >= 15 is 0 Å². The second-order valence-corrected chi connectivity index (χ2v) is 3.15. The van der Waals surface area contributed by atoms with E-state index in [2.05, 4.69) is 15.1 Å². The number of nitrogens with zero attached hydrogens (tertiary/aromatic N) is 3. The first-order chi connectivity index (χ1) is 7.81. The lowest BCUT2D eigenvalue weighted by Crippen LogP contribution is -2.13. The highest BCUT2D eigenvalue weighted by Gasteiger charge is 2.02. The summed E-state index contributed by atoms with van der Waals surface area (Å²) in [6.45, 7) is 0. The highest BCUT2D eigenvalue weighted by Crippen LogP contribution is 2.12. The van der Waals surface area contributed by atoms with Crippen molar-refractivity contribution in [3.63, 3.8) is 0 Å². The Balaban J connectivity index is 2.34. The van der Waals surface area contributed by atoms with E-state index in [1.807, 2.05) is 30.3 Å². The number of aromatic nitrogens is 2. The molecule has 16 heavy (non-hydrogen) atoms. The van der Waals surface area contributed by atoms with Crippen molar-refractivity contribution in [2.75, 3.05) is 0 Å². The number of oxime groups is 1. The van der Waals surface area contributed by atoms with E-state index in [9.17, 15) is 0 Å². The minimum atomic E-state index is -0.000360. The van der Waals surface area contributed by atoms with Gasteiger partial charge < -0.3 is 10.9 Å². The third-order valence-electron chi connectivity index (χ3n) is 2.09. The summed E-state index contributed by atoms with van der Waals surface area (Å²) in [5, 5.41) is 11.4. The fraction of sp³-hybridized carbons (Fsp3) is 0. The van der Waals surface area contributed by atoms with Gasteiger partial charge in [0.05, 0.1) is 5.56 Å². The van der Waals surface area contributed by atoms with Crippen molar-refractivity contribution in [2.45, 2.75) is 0 Å². The van der Waals surface area contributed by atoms with Gasteiger partial charge in [-0.1, -0.05) is 35.5 Å². The van der Waals surface area contributed by atoms with Gasteiger partial charge in [-0.2, -0.15) is 0 Å². The van der Waals surface area contributed by atoms with E-state index in [0.29, 0.717) is 11.4 Å². The van der Waals surface area contributed by atoms with Crippen LogP contribution in [0, 0.1) is 0 Å². The second kappa shape index (κ2) is 4.39. The van der Waals surface area contributed by atoms with E-state index in [0.717, 1.165) is 5.56 Å². The molecule has 0 aliphatic carbocycles. The average Bonchev–Trinajstić information content (AvgIpc) is 2.39. The number of amidine groups is 1. The maximum atomic E-state index is 8.48. The summed E-state index contributed by atoms with van der Waals surface area (Å²) < 4.78 is 0. The monoisotopic (exact) mass is 214 g/mol. The Morgan fingerprint density at radius 2 is 1.75 bits per heavy atom. The average molecular weight is 214 g/mol. The lowest BCUT2D eigenvalue weighted by atomic mass is 10.2. The normalized spacial score (nSPS) is 11.4. The van der Waals surface area contributed by atoms with Crippen molar-refractivity contribution in [2.24, 2.45) is 10.9 Å². The minimum Gasteiger partial charge on any atom is -0.409 e. The predicted molar refractivity (Wildman–Crippen MR) is 60.0 cm³/mol. The summed E-state index contributed by atoms with van der Waals surface area (Å²) in [7, 11) is 0. The number of benzene rings is 1. The van der Waals surface area contributed by atoms with Gasteiger partial charge in [-0.25, -0.2) is 9.97 Å². The smallest absolute Gasteiger partial charge is 0.173 e. The highest BCUT2D eigenvalue weighted by molar-refractivity contribution is 5.96. The molecule has 0 aliphatic rings. The summed E-state index contributed by atoms with van der Waals surface area (Å²) in [5.41, 5.74) is 6.82. The first-order valence-corrected chi connectivity index (χ1v) is 4.66. The van der Waals surface area contributed by atoms with E-state index in [1.165, 1.54) is 12.4 Å². The highest BCUT2D eigenvalue weighted by atomic mass is 16.4. The maximum Gasteiger partial charge on any atom is 0.173 e. The molecule has 0 fully saturated rings. The summed E-state index contributed by atoms with van der Waals surface area (Å²) in [6, 6.07) is 9.58. The van der Waals surface area contributed by atoms with Gasteiger partial charge in [-0.15, -0.1) is 0 Å². The third kappa shape index (κ3) is 1.98. The molecule has 0 unspecified atom stereocenters. The molecule has 0 aliphatic heterocycles. The van der Waals surface area contributed by atoms with Gasteiger partial charge in [-0.3, -0.25) is 0 Å². The van der Waals surface area contributed by atoms with Crippen LogP contribution in [0.15, 0.2) is 47.9 Å². The maximum absolute atomic E-state index is 8.48. The molecule has 0 radical (unpaired) electrons. The van der Waals surface area contributed by atoms with Crippen LogP contribution in [-0.2, 0) is 0 Å². The van der Waals surface area contributed by atoms with Crippen molar-refractivity contribution < 1.29 is 5.21 Å². The van der Waals surface area contributed by atoms with Crippen molar-refractivity contribution in [1.82, 2.24) is 9.97 Å². The fourth-order valence-electron chi connectivity index (χ4n) is 1.25. The molecule has 0 saturated heterocycles. The molecule has 0 saturated carbocycles. The predicted octanol–water partition coefficient (Wildman–Crippen LogP) is 1.24. The van der Waals surface area contributed by atoms with Gasteiger partial charge in [0.2, 0.25) is 0 Å². The van der Waals surface area contributed by atoms with E-state index in [4.69, 9.17) is 10.9 Å². The molecule has 1 heterocycles. The van der Waals surface area contributed by atoms with Gasteiger partial charge in [0, 0.05) is 18.0 Å². The number of nitrogens with two attached hydrogens (primary N) is 1. The molecule has 0 spiro atoms. The lowest BCUT2D eigenvalue weighted by molar-refractivity contribution is 0.318. The first-order valence-electron chi connectivity index (χ1n) is 4.66. The Bertz CT molecular complexity index is 493. The molecule has 1 aromatic heterocycles. The molecule has 2 rings (SSSR count). The Morgan fingerprint density at radius 3 is 2.31 bits per heavy atom. The summed E-state index contributed by atoms with van der Waals surface area (Å²) >= 11 is 0. The second-order valence-electron chi connectivity index (χ2n) is 3.15. The fourth-order valence-corrected chi connectivity index (χ4v) is 1.25. The zero-order chi connectivity index (χ0) is 11.4. The molecule has 0 amide bonds. The Morgan fingerprint density at radius 1 is 1.12 bits per heavy atom. The van der Waals surface area contributed by atoms with Crippen LogP contribution < -0.4 is 5.73 Å². The van der Waals surface area contributed by atoms with Gasteiger partial charge in [0.1, 0.15) is 0 Å². The molecule has 3 N–H and O–H groups in total. The minimum absolute atomic E-state index is 0.000360. The molecule has 5 nitrogen and oxygen atoms in total. The zero-order valence-corrected chi connectivity index (χ0v) is 8.41. The first kappa shape index (κ1) is 10.1. The summed E-state index contributed by atoms with van der Waals surface area (Å²) in [5.74, 6) is 0.606. The molecule has 2 aromatic rings. The van der Waals surface area contributed by atoms with Crippen LogP contribution in [0.2, 0.25) is 0 Å². The van der Waals surface area contributed by atoms with Crippen molar-refractivity contribution in [1.29, 1.82) is 0 Å². The van der Waals surface area contributed by atoms with E-state index < -0.39 is 0 Å². The van der Waals surface area contributed by atoms with E-state index in [-0.39, 0.29) is 5.84 Å². The Labute approximate surface area is 92.3 Å². The third-order valence-corrected chi connectivity index (χ3v) is 2.09. The van der Waals surface area contributed by atoms with Crippen LogP contribution in [0.4, 0.5) is 0 Å². The largest absolute Gasteiger partial charge is 0.409 e. The van der Waals surface area contributed by atoms with Crippen molar-refractivity contribution in [3.05, 3.63) is 48.3 Å². The van der Waals surface area contributed by atoms with Crippen LogP contribution in [0.5, 0.6) is 0 Å². The van der Waals surface area contributed by atoms with Gasteiger partial charge >= 0.3 is 0 Å². The van der Waals surface area contributed by atoms with Crippen LogP contribution >= 0.6 is 0 Å². The van der Waals surface area contributed by atoms with Crippen LogP contribution in [0.1, 0.15) is 5.56 Å². The number of hydrogen-bond acceptors (Lipinski definition) is 4. The standard InChI is InChI=1S/C11H10N4O/c12-10(15-16)9-6-13-11(14-7-9)8-4-2-1-3-5-8/h1-7,16H,(H2,12,15). The van der Waals surface area contributed by atoms with Crippen LogP contribution in [-0.4, -0.2) is 21.0 Å². The molecule has 1 aromatic carbocycles. The quantitative estimate of drug-likeness (QED) is 0.341. The molecule has 5 heteroatoms.